The van der Waals surface area contributed by atoms with E-state index < -0.39 is 5.41 Å². The Labute approximate surface area is 356 Å². The van der Waals surface area contributed by atoms with E-state index in [9.17, 15) is 0 Å². The summed E-state index contributed by atoms with van der Waals surface area (Å²) in [5.41, 5.74) is 24.8. The van der Waals surface area contributed by atoms with Gasteiger partial charge in [-0.3, -0.25) is 0 Å². The van der Waals surface area contributed by atoms with Crippen LogP contribution in [0.3, 0.4) is 0 Å². The molecule has 0 atom stereocenters. The van der Waals surface area contributed by atoms with Crippen molar-refractivity contribution < 1.29 is 0 Å². The van der Waals surface area contributed by atoms with Crippen molar-refractivity contribution in [2.45, 2.75) is 11.8 Å². The molecule has 1 spiro atoms. The summed E-state index contributed by atoms with van der Waals surface area (Å²) in [6.45, 7) is 0. The van der Waals surface area contributed by atoms with Crippen molar-refractivity contribution in [2.24, 2.45) is 5.73 Å². The quantitative estimate of drug-likeness (QED) is 0.132. The van der Waals surface area contributed by atoms with Crippen molar-refractivity contribution >= 4 is 43.6 Å². The van der Waals surface area contributed by atoms with Gasteiger partial charge in [-0.2, -0.15) is 0 Å². The number of allylic oxidation sites excluding steroid dienone is 3. The summed E-state index contributed by atoms with van der Waals surface area (Å²) in [4.78, 5) is 0. The first-order valence-electron chi connectivity index (χ1n) is 21.3. The van der Waals surface area contributed by atoms with Crippen molar-refractivity contribution in [3.63, 3.8) is 0 Å². The Morgan fingerprint density at radius 2 is 0.902 bits per heavy atom. The van der Waals surface area contributed by atoms with Crippen LogP contribution in [0.2, 0.25) is 0 Å². The molecule has 61 heavy (non-hydrogen) atoms. The van der Waals surface area contributed by atoms with Gasteiger partial charge in [0.25, 0.3) is 0 Å². The number of benzene rings is 10. The normalized spacial score (nSPS) is 13.7. The molecule has 1 heteroatoms. The molecule has 0 aromatic heterocycles. The fraction of sp³-hybridized carbons (Fsp3) is 0.0333. The van der Waals surface area contributed by atoms with Gasteiger partial charge in [-0.25, -0.2) is 0 Å². The fourth-order valence-corrected chi connectivity index (χ4v) is 10.7. The van der Waals surface area contributed by atoms with Crippen LogP contribution in [0.15, 0.2) is 224 Å². The highest BCUT2D eigenvalue weighted by molar-refractivity contribution is 6.28. The van der Waals surface area contributed by atoms with Crippen LogP contribution in [-0.4, -0.2) is 0 Å². The van der Waals surface area contributed by atoms with Gasteiger partial charge in [-0.15, -0.1) is 0 Å². The topological polar surface area (TPSA) is 26.0 Å². The van der Waals surface area contributed by atoms with Crippen molar-refractivity contribution in [1.82, 2.24) is 0 Å². The molecule has 286 valence electrons. The molecular weight excluding hydrogens is 735 g/mol. The molecule has 0 unspecified atom stereocenters. The van der Waals surface area contributed by atoms with Crippen LogP contribution in [0.1, 0.15) is 38.9 Å². The smallest absolute Gasteiger partial charge is 0.0725 e. The summed E-state index contributed by atoms with van der Waals surface area (Å²) < 4.78 is 0. The Morgan fingerprint density at radius 1 is 0.393 bits per heavy atom. The summed E-state index contributed by atoms with van der Waals surface area (Å²) in [7, 11) is 0. The molecule has 1 nitrogen and oxygen atoms in total. The average Bonchev–Trinajstić information content (AvgIpc) is 3.80. The summed E-state index contributed by atoms with van der Waals surface area (Å²) in [6.07, 6.45) is 5.20. The number of nitrogens with two attached hydrogens (primary N) is 1. The molecule has 0 bridgehead atoms. The van der Waals surface area contributed by atoms with Crippen LogP contribution in [0.25, 0.3) is 77.0 Å². The van der Waals surface area contributed by atoms with E-state index in [2.05, 4.69) is 206 Å². The van der Waals surface area contributed by atoms with Crippen molar-refractivity contribution in [3.05, 3.63) is 263 Å². The van der Waals surface area contributed by atoms with Gasteiger partial charge in [0.1, 0.15) is 0 Å². The fourth-order valence-electron chi connectivity index (χ4n) is 10.7. The Balaban J connectivity index is 1.04. The van der Waals surface area contributed by atoms with E-state index in [1.165, 1.54) is 93.5 Å². The third-order valence-electron chi connectivity index (χ3n) is 13.3. The Hall–Kier alpha value is -7.74. The minimum Gasteiger partial charge on any atom is -0.398 e. The lowest BCUT2D eigenvalue weighted by Gasteiger charge is -2.30. The molecule has 10 aromatic carbocycles. The van der Waals surface area contributed by atoms with E-state index in [-0.39, 0.29) is 0 Å². The molecule has 0 heterocycles. The summed E-state index contributed by atoms with van der Waals surface area (Å²) in [5, 5.41) is 7.64. The van der Waals surface area contributed by atoms with E-state index in [1.54, 1.807) is 0 Å². The second kappa shape index (κ2) is 13.9. The Bertz CT molecular complexity index is 3380. The molecule has 0 radical (unpaired) electrons. The van der Waals surface area contributed by atoms with Crippen LogP contribution < -0.4 is 5.73 Å². The Kier molecular flexibility index (Phi) is 8.05. The number of hydrogen-bond acceptors (Lipinski definition) is 1. The zero-order valence-electron chi connectivity index (χ0n) is 33.6. The van der Waals surface area contributed by atoms with Crippen LogP contribution in [0.4, 0.5) is 0 Å². The predicted molar refractivity (Wildman–Crippen MR) is 257 cm³/mol. The highest BCUT2D eigenvalue weighted by Gasteiger charge is 2.51. The van der Waals surface area contributed by atoms with Gasteiger partial charge in [0, 0.05) is 5.70 Å². The lowest BCUT2D eigenvalue weighted by Crippen LogP contribution is -2.25. The third-order valence-corrected chi connectivity index (χ3v) is 13.3. The maximum absolute atomic E-state index is 6.70. The minimum absolute atomic E-state index is 0.392. The van der Waals surface area contributed by atoms with Crippen LogP contribution >= 0.6 is 0 Å². The molecule has 10 aromatic rings. The maximum atomic E-state index is 6.70. The first-order chi connectivity index (χ1) is 30.2. The molecule has 0 saturated carbocycles. The first kappa shape index (κ1) is 35.2. The molecule has 0 amide bonds. The molecule has 2 N–H and O–H groups in total. The minimum atomic E-state index is -0.392. The lowest BCUT2D eigenvalue weighted by atomic mass is 9.70. The van der Waals surface area contributed by atoms with E-state index in [1.807, 2.05) is 18.2 Å². The second-order valence-electron chi connectivity index (χ2n) is 16.5. The standard InChI is InChI=1S/C60H41N/c61-58(41-18-5-2-6-19-41)38-42(40-16-3-1-4-17-40)32-30-39-31-34-52-53(36-39)46-21-8-7-20-45(46)51-26-15-25-44(59(51)52)43-33-35-50-49-24-11-14-29-56(49)60(57(50)37-43)54-27-12-9-22-47(54)48-23-10-13-28-55(48)60/h1-29,31-38H,30,61H2/b42-32+,58-38-. The largest absolute Gasteiger partial charge is 0.398 e. The van der Waals surface area contributed by atoms with Crippen LogP contribution in [-0.2, 0) is 11.8 Å². The van der Waals surface area contributed by atoms with Gasteiger partial charge in [0.2, 0.25) is 0 Å². The van der Waals surface area contributed by atoms with Gasteiger partial charge in [0.05, 0.1) is 5.41 Å². The predicted octanol–water partition coefficient (Wildman–Crippen LogP) is 14.8. The van der Waals surface area contributed by atoms with Gasteiger partial charge in [0.15, 0.2) is 0 Å². The SMILES string of the molecule is N/C(=C\C(=C/Cc1ccc2c(c1)c1ccccc1c1cccc(-c3ccc4c(c3)C3(c5ccccc5-c5ccccc53)c3ccccc3-4)c12)c1ccccc1)c1ccccc1. The average molecular weight is 776 g/mol. The van der Waals surface area contributed by atoms with Crippen molar-refractivity contribution in [1.29, 1.82) is 0 Å². The molecular formula is C60H41N. The molecule has 0 saturated heterocycles. The third kappa shape index (κ3) is 5.34. The van der Waals surface area contributed by atoms with Crippen molar-refractivity contribution in [3.8, 4) is 33.4 Å². The van der Waals surface area contributed by atoms with Gasteiger partial charge in [-0.05, 0) is 129 Å². The maximum Gasteiger partial charge on any atom is 0.0725 e. The van der Waals surface area contributed by atoms with Gasteiger partial charge in [-0.1, -0.05) is 212 Å². The van der Waals surface area contributed by atoms with Crippen LogP contribution in [0, 0.1) is 0 Å². The van der Waals surface area contributed by atoms with E-state index in [0.29, 0.717) is 0 Å². The van der Waals surface area contributed by atoms with Crippen LogP contribution in [0.5, 0.6) is 0 Å². The highest BCUT2D eigenvalue weighted by atomic mass is 14.6. The van der Waals surface area contributed by atoms with E-state index in [4.69, 9.17) is 5.73 Å². The highest BCUT2D eigenvalue weighted by Crippen LogP contribution is 2.63. The van der Waals surface area contributed by atoms with E-state index >= 15 is 0 Å². The Morgan fingerprint density at radius 3 is 1.56 bits per heavy atom. The number of hydrogen-bond donors (Lipinski definition) is 1. The zero-order valence-corrected chi connectivity index (χ0v) is 33.6. The van der Waals surface area contributed by atoms with Gasteiger partial charge < -0.3 is 5.73 Å². The summed E-state index contributed by atoms with van der Waals surface area (Å²) in [5.74, 6) is 0. The van der Waals surface area contributed by atoms with E-state index in [0.717, 1.165) is 28.8 Å². The number of fused-ring (bicyclic) bond motifs is 16. The molecule has 0 aliphatic heterocycles. The second-order valence-corrected chi connectivity index (χ2v) is 16.5. The molecule has 0 fully saturated rings. The summed E-state index contributed by atoms with van der Waals surface area (Å²) >= 11 is 0. The van der Waals surface area contributed by atoms with Gasteiger partial charge >= 0.3 is 0 Å². The summed E-state index contributed by atoms with van der Waals surface area (Å²) in [6, 6.07) is 78.1. The lowest BCUT2D eigenvalue weighted by molar-refractivity contribution is 0.794. The molecule has 2 aliphatic rings. The monoisotopic (exact) mass is 775 g/mol. The number of rotatable bonds is 6. The first-order valence-corrected chi connectivity index (χ1v) is 21.3. The molecule has 12 rings (SSSR count). The van der Waals surface area contributed by atoms with Crippen molar-refractivity contribution in [2.75, 3.05) is 0 Å². The molecule has 2 aliphatic carbocycles. The zero-order chi connectivity index (χ0) is 40.5.